The monoisotopic (exact) mass is 284 g/mol. The predicted molar refractivity (Wildman–Crippen MR) is 80.8 cm³/mol. The molecule has 0 radical (unpaired) electrons. The lowest BCUT2D eigenvalue weighted by atomic mass is 9.74. The van der Waals surface area contributed by atoms with Gasteiger partial charge in [0.15, 0.2) is 0 Å². The molecule has 20 heavy (non-hydrogen) atoms. The van der Waals surface area contributed by atoms with Crippen LogP contribution in [-0.2, 0) is 18.9 Å². The van der Waals surface area contributed by atoms with Gasteiger partial charge in [0, 0.05) is 6.42 Å². The Balaban J connectivity index is 3.02. The molecule has 0 spiro atoms. The number of ether oxygens (including phenoxy) is 2. The van der Waals surface area contributed by atoms with E-state index in [-0.39, 0.29) is 6.10 Å². The van der Waals surface area contributed by atoms with Crippen molar-refractivity contribution >= 4 is 14.0 Å². The van der Waals surface area contributed by atoms with Crippen molar-refractivity contribution in [3.63, 3.8) is 0 Å². The third kappa shape index (κ3) is 3.20. The van der Waals surface area contributed by atoms with Gasteiger partial charge in [-0.25, -0.2) is 4.79 Å². The molecule has 0 bridgehead atoms. The van der Waals surface area contributed by atoms with Crippen molar-refractivity contribution < 1.29 is 18.9 Å². The van der Waals surface area contributed by atoms with Crippen molar-refractivity contribution in [1.82, 2.24) is 0 Å². The van der Waals surface area contributed by atoms with Crippen LogP contribution in [0.3, 0.4) is 0 Å². The molecule has 0 aromatic rings. The van der Waals surface area contributed by atoms with Crippen LogP contribution >= 0.6 is 0 Å². The Hall–Kier alpha value is -0.545. The van der Waals surface area contributed by atoms with Crippen LogP contribution in [0.4, 0.5) is 0 Å². The molecule has 4 nitrogen and oxygen atoms in total. The van der Waals surface area contributed by atoms with E-state index >= 15 is 0 Å². The molecular weight excluding hydrogens is 255 g/mol. The minimum Gasteiger partial charge on any atom is -0.465 e. The summed E-state index contributed by atoms with van der Waals surface area (Å²) >= 11 is 0. The van der Waals surface area contributed by atoms with Crippen molar-refractivity contribution in [3.8, 4) is 0 Å². The zero-order valence-electron chi connectivity index (χ0n) is 13.9. The molecule has 0 aromatic heterocycles. The number of rotatable bonds is 5. The molecule has 0 aliphatic carbocycles. The lowest BCUT2D eigenvalue weighted by Crippen LogP contribution is -2.56. The van der Waals surface area contributed by atoms with Gasteiger partial charge in [-0.2, -0.15) is 0 Å². The van der Waals surface area contributed by atoms with Crippen LogP contribution in [0.2, 0.25) is 0 Å². The van der Waals surface area contributed by atoms with Gasteiger partial charge in [-0.1, -0.05) is 41.0 Å². The summed E-state index contributed by atoms with van der Waals surface area (Å²) in [5, 5.41) is 0. The molecular formula is C15H29BO4. The number of carbonyl (C=O) groups excluding carboxylic acids is 1. The lowest BCUT2D eigenvalue weighted by molar-refractivity contribution is -0.274. The molecule has 0 aromatic carbocycles. The van der Waals surface area contributed by atoms with Gasteiger partial charge < -0.3 is 14.1 Å². The van der Waals surface area contributed by atoms with Crippen LogP contribution < -0.4 is 0 Å². The van der Waals surface area contributed by atoms with Crippen LogP contribution in [0, 0.1) is 23.7 Å². The maximum Gasteiger partial charge on any atom is 0.365 e. The largest absolute Gasteiger partial charge is 0.465 e. The molecule has 1 aliphatic rings. The van der Waals surface area contributed by atoms with Gasteiger partial charge in [-0.3, -0.25) is 0 Å². The predicted octanol–water partition coefficient (Wildman–Crippen LogP) is 2.16. The maximum absolute atomic E-state index is 12.1. The number of hydrogen-bond donors (Lipinski definition) is 0. The van der Waals surface area contributed by atoms with E-state index in [2.05, 4.69) is 34.6 Å². The van der Waals surface area contributed by atoms with Gasteiger partial charge >= 0.3 is 5.97 Å². The van der Waals surface area contributed by atoms with E-state index in [1.165, 1.54) is 15.2 Å². The van der Waals surface area contributed by atoms with E-state index in [1.54, 1.807) is 0 Å². The zero-order chi connectivity index (χ0) is 15.5. The fourth-order valence-electron chi connectivity index (χ4n) is 3.09. The van der Waals surface area contributed by atoms with Crippen molar-refractivity contribution in [1.29, 1.82) is 0 Å². The van der Waals surface area contributed by atoms with Crippen LogP contribution in [-0.4, -0.2) is 33.0 Å². The van der Waals surface area contributed by atoms with Gasteiger partial charge in [-0.05, 0) is 23.7 Å². The van der Waals surface area contributed by atoms with Crippen molar-refractivity contribution in [2.24, 2.45) is 23.7 Å². The minimum atomic E-state index is -1.24. The Bertz CT molecular complexity index is 336. The smallest absolute Gasteiger partial charge is 0.365 e. The summed E-state index contributed by atoms with van der Waals surface area (Å²) in [4.78, 5) is 12.1. The molecule has 1 heterocycles. The van der Waals surface area contributed by atoms with Gasteiger partial charge in [0.05, 0.1) is 13.2 Å². The van der Waals surface area contributed by atoms with Crippen molar-refractivity contribution in [3.05, 3.63) is 0 Å². The summed E-state index contributed by atoms with van der Waals surface area (Å²) in [6.45, 7) is 11.0. The summed E-state index contributed by atoms with van der Waals surface area (Å²) in [5.74, 6) is -0.0178. The SMILES string of the molecule is BO[C@]1(C(=O)OC)C[C@@H](C)[C@@H](C)[C@H]([C@H](C)[C@H](C)CC)O1. The summed E-state index contributed by atoms with van der Waals surface area (Å²) in [6, 6.07) is 0. The molecule has 116 valence electrons. The number of carbonyl (C=O) groups is 1. The fourth-order valence-corrected chi connectivity index (χ4v) is 3.09. The van der Waals surface area contributed by atoms with Gasteiger partial charge in [0.25, 0.3) is 13.8 Å². The Morgan fingerprint density at radius 2 is 2.05 bits per heavy atom. The van der Waals surface area contributed by atoms with E-state index in [4.69, 9.17) is 14.1 Å². The third-order valence-corrected chi connectivity index (χ3v) is 5.22. The van der Waals surface area contributed by atoms with E-state index < -0.39 is 11.8 Å². The first-order valence-electron chi connectivity index (χ1n) is 7.64. The maximum atomic E-state index is 12.1. The Morgan fingerprint density at radius 3 is 2.50 bits per heavy atom. The van der Waals surface area contributed by atoms with Gasteiger partial charge in [0.1, 0.15) is 0 Å². The second-order valence-corrected chi connectivity index (χ2v) is 6.32. The third-order valence-electron chi connectivity index (χ3n) is 5.22. The van der Waals surface area contributed by atoms with Crippen LogP contribution in [0.5, 0.6) is 0 Å². The van der Waals surface area contributed by atoms with E-state index in [1.807, 2.05) is 0 Å². The molecule has 6 atom stereocenters. The van der Waals surface area contributed by atoms with Crippen molar-refractivity contribution in [2.75, 3.05) is 7.11 Å². The quantitative estimate of drug-likeness (QED) is 0.573. The molecule has 0 unspecified atom stereocenters. The second-order valence-electron chi connectivity index (χ2n) is 6.32. The normalized spacial score (nSPS) is 37.2. The Morgan fingerprint density at radius 1 is 1.45 bits per heavy atom. The fraction of sp³-hybridized carbons (Fsp3) is 0.933. The van der Waals surface area contributed by atoms with E-state index in [0.717, 1.165) is 6.42 Å². The minimum absolute atomic E-state index is 0.00718. The first kappa shape index (κ1) is 17.5. The molecule has 1 aliphatic heterocycles. The molecule has 0 amide bonds. The molecule has 1 saturated heterocycles. The van der Waals surface area contributed by atoms with Crippen LogP contribution in [0.25, 0.3) is 0 Å². The standard InChI is InChI=1S/C15H29BO4/c1-7-9(2)11(4)13-12(5)10(3)8-15(19-13,20-16)14(17)18-6/h9-13H,7-8,16H2,1-6H3/t9-,10-,11-,12-,13+,15+/m1/s1. The second kappa shape index (κ2) is 6.94. The molecule has 1 rings (SSSR count). The van der Waals surface area contributed by atoms with Gasteiger partial charge in [-0.15, -0.1) is 0 Å². The first-order chi connectivity index (χ1) is 9.32. The van der Waals surface area contributed by atoms with E-state index in [0.29, 0.717) is 30.1 Å². The number of esters is 1. The van der Waals surface area contributed by atoms with Crippen LogP contribution in [0.1, 0.15) is 47.5 Å². The first-order valence-corrected chi connectivity index (χ1v) is 7.64. The Labute approximate surface area is 124 Å². The van der Waals surface area contributed by atoms with Crippen molar-refractivity contribution in [2.45, 2.75) is 59.4 Å². The highest BCUT2D eigenvalue weighted by Crippen LogP contribution is 2.42. The van der Waals surface area contributed by atoms with Gasteiger partial charge in [0.2, 0.25) is 0 Å². The number of hydrogen-bond acceptors (Lipinski definition) is 4. The molecule has 1 fully saturated rings. The molecule has 5 heteroatoms. The highest BCUT2D eigenvalue weighted by Gasteiger charge is 2.51. The average molecular weight is 284 g/mol. The van der Waals surface area contributed by atoms with E-state index in [9.17, 15) is 4.79 Å². The summed E-state index contributed by atoms with van der Waals surface area (Å²) in [7, 11) is 2.90. The highest BCUT2D eigenvalue weighted by atomic mass is 16.7. The summed E-state index contributed by atoms with van der Waals surface area (Å²) in [5.41, 5.74) is 0. The Kier molecular flexibility index (Phi) is 6.08. The molecule has 0 saturated carbocycles. The molecule has 0 N–H and O–H groups in total. The summed E-state index contributed by atoms with van der Waals surface area (Å²) in [6.07, 6.45) is 1.65. The van der Waals surface area contributed by atoms with Crippen LogP contribution in [0.15, 0.2) is 0 Å². The number of methoxy groups -OCH3 is 1. The lowest BCUT2D eigenvalue weighted by Gasteiger charge is -2.47. The summed E-state index contributed by atoms with van der Waals surface area (Å²) < 4.78 is 16.5. The average Bonchev–Trinajstić information content (AvgIpc) is 2.47. The topological polar surface area (TPSA) is 44.8 Å². The highest BCUT2D eigenvalue weighted by molar-refractivity contribution is 6.00. The zero-order valence-corrected chi connectivity index (χ0v) is 13.9.